The Kier molecular flexibility index (Phi) is 4.45. The maximum Gasteiger partial charge on any atom is 0.227 e. The van der Waals surface area contributed by atoms with Crippen molar-refractivity contribution in [1.29, 1.82) is 0 Å². The molecule has 0 saturated heterocycles. The summed E-state index contributed by atoms with van der Waals surface area (Å²) in [5.74, 6) is -0.160. The molecule has 0 aromatic heterocycles. The van der Waals surface area contributed by atoms with Gasteiger partial charge in [0, 0.05) is 12.6 Å². The van der Waals surface area contributed by atoms with Crippen LogP contribution in [-0.4, -0.2) is 18.5 Å². The van der Waals surface area contributed by atoms with Gasteiger partial charge in [-0.15, -0.1) is 0 Å². The predicted octanol–water partition coefficient (Wildman–Crippen LogP) is 1.32. The Morgan fingerprint density at radius 1 is 1.57 bits per heavy atom. The van der Waals surface area contributed by atoms with Crippen molar-refractivity contribution in [2.24, 2.45) is 11.7 Å². The predicted molar refractivity (Wildman–Crippen MR) is 58.0 cm³/mol. The van der Waals surface area contributed by atoms with Crippen LogP contribution < -0.4 is 11.1 Å². The van der Waals surface area contributed by atoms with E-state index < -0.39 is 0 Å². The molecule has 0 aliphatic heterocycles. The largest absolute Gasteiger partial charge is 0.352 e. The standard InChI is InChI=1S/C9H12Cl2N2O/c10-8(11)3-4-13-9(14)6-1-2-7(12)5-6/h1-3,6-7H,4-5,12H2,(H,13,14). The van der Waals surface area contributed by atoms with Gasteiger partial charge in [0.25, 0.3) is 0 Å². The number of hydrogen-bond donors (Lipinski definition) is 2. The highest BCUT2D eigenvalue weighted by Crippen LogP contribution is 2.16. The molecule has 3 nitrogen and oxygen atoms in total. The Labute approximate surface area is 92.9 Å². The van der Waals surface area contributed by atoms with Crippen LogP contribution in [0.15, 0.2) is 22.7 Å². The summed E-state index contributed by atoms with van der Waals surface area (Å²) in [5, 5.41) is 2.69. The first kappa shape index (κ1) is 11.6. The first-order valence-corrected chi connectivity index (χ1v) is 5.08. The molecule has 0 heterocycles. The molecule has 2 atom stereocenters. The number of carbonyl (C=O) groups is 1. The summed E-state index contributed by atoms with van der Waals surface area (Å²) in [4.78, 5) is 11.4. The van der Waals surface area contributed by atoms with Crippen LogP contribution in [0.1, 0.15) is 6.42 Å². The maximum atomic E-state index is 11.4. The van der Waals surface area contributed by atoms with Crippen LogP contribution in [0.2, 0.25) is 0 Å². The zero-order valence-corrected chi connectivity index (χ0v) is 9.05. The van der Waals surface area contributed by atoms with E-state index in [4.69, 9.17) is 28.9 Å². The highest BCUT2D eigenvalue weighted by molar-refractivity contribution is 6.55. The van der Waals surface area contributed by atoms with Crippen molar-refractivity contribution in [3.05, 3.63) is 22.7 Å². The average molecular weight is 235 g/mol. The molecule has 0 saturated carbocycles. The second-order valence-electron chi connectivity index (χ2n) is 3.13. The van der Waals surface area contributed by atoms with Crippen LogP contribution in [-0.2, 0) is 4.79 Å². The van der Waals surface area contributed by atoms with E-state index >= 15 is 0 Å². The lowest BCUT2D eigenvalue weighted by Gasteiger charge is -2.08. The highest BCUT2D eigenvalue weighted by atomic mass is 35.5. The van der Waals surface area contributed by atoms with Gasteiger partial charge in [0.2, 0.25) is 5.91 Å². The maximum absolute atomic E-state index is 11.4. The van der Waals surface area contributed by atoms with E-state index in [9.17, 15) is 4.79 Å². The summed E-state index contributed by atoms with van der Waals surface area (Å²) in [6, 6.07) is -0.00194. The zero-order chi connectivity index (χ0) is 10.6. The summed E-state index contributed by atoms with van der Waals surface area (Å²) in [7, 11) is 0. The topological polar surface area (TPSA) is 55.1 Å². The minimum absolute atomic E-state index is 0.00194. The molecule has 0 spiro atoms. The summed E-state index contributed by atoms with van der Waals surface area (Å²) < 4.78 is 0.156. The molecule has 5 heteroatoms. The van der Waals surface area contributed by atoms with Crippen molar-refractivity contribution in [3.8, 4) is 0 Å². The fourth-order valence-electron chi connectivity index (χ4n) is 1.28. The van der Waals surface area contributed by atoms with Crippen LogP contribution in [0, 0.1) is 5.92 Å². The molecule has 0 aromatic carbocycles. The second kappa shape index (κ2) is 5.39. The van der Waals surface area contributed by atoms with Crippen LogP contribution in [0.25, 0.3) is 0 Å². The monoisotopic (exact) mass is 234 g/mol. The number of hydrogen-bond acceptors (Lipinski definition) is 2. The first-order chi connectivity index (χ1) is 6.59. The van der Waals surface area contributed by atoms with Crippen molar-refractivity contribution < 1.29 is 4.79 Å². The molecular weight excluding hydrogens is 223 g/mol. The van der Waals surface area contributed by atoms with E-state index in [1.807, 2.05) is 12.2 Å². The fraction of sp³-hybridized carbons (Fsp3) is 0.444. The third-order valence-electron chi connectivity index (χ3n) is 1.99. The van der Waals surface area contributed by atoms with Crippen LogP contribution >= 0.6 is 23.2 Å². The second-order valence-corrected chi connectivity index (χ2v) is 4.14. The molecule has 1 rings (SSSR count). The number of carbonyl (C=O) groups excluding carboxylic acids is 1. The van der Waals surface area contributed by atoms with E-state index in [-0.39, 0.29) is 22.4 Å². The number of rotatable bonds is 3. The molecule has 3 N–H and O–H groups in total. The summed E-state index contributed by atoms with van der Waals surface area (Å²) >= 11 is 10.8. The van der Waals surface area contributed by atoms with Gasteiger partial charge in [0.1, 0.15) is 4.49 Å². The van der Waals surface area contributed by atoms with Crippen molar-refractivity contribution >= 4 is 29.1 Å². The van der Waals surface area contributed by atoms with Crippen molar-refractivity contribution in [2.75, 3.05) is 6.54 Å². The van der Waals surface area contributed by atoms with Crippen LogP contribution in [0.4, 0.5) is 0 Å². The molecule has 0 bridgehead atoms. The minimum atomic E-state index is -0.118. The van der Waals surface area contributed by atoms with E-state index in [1.54, 1.807) is 0 Å². The molecule has 0 aromatic rings. The number of nitrogens with one attached hydrogen (secondary N) is 1. The lowest BCUT2D eigenvalue weighted by Crippen LogP contribution is -2.30. The Morgan fingerprint density at radius 3 is 2.79 bits per heavy atom. The zero-order valence-electron chi connectivity index (χ0n) is 7.54. The lowest BCUT2D eigenvalue weighted by atomic mass is 10.1. The number of amides is 1. The molecule has 1 amide bonds. The van der Waals surface area contributed by atoms with Crippen molar-refractivity contribution in [1.82, 2.24) is 5.32 Å². The van der Waals surface area contributed by atoms with E-state index in [0.29, 0.717) is 13.0 Å². The van der Waals surface area contributed by atoms with E-state index in [0.717, 1.165) is 0 Å². The molecule has 14 heavy (non-hydrogen) atoms. The van der Waals surface area contributed by atoms with Gasteiger partial charge in [-0.1, -0.05) is 35.4 Å². The van der Waals surface area contributed by atoms with Gasteiger partial charge < -0.3 is 11.1 Å². The number of halogens is 2. The van der Waals surface area contributed by atoms with Crippen molar-refractivity contribution in [2.45, 2.75) is 12.5 Å². The molecular formula is C9H12Cl2N2O. The number of nitrogens with two attached hydrogens (primary N) is 1. The van der Waals surface area contributed by atoms with Gasteiger partial charge in [-0.05, 0) is 12.5 Å². The lowest BCUT2D eigenvalue weighted by molar-refractivity contribution is -0.123. The third-order valence-corrected chi connectivity index (χ3v) is 2.29. The summed E-state index contributed by atoms with van der Waals surface area (Å²) in [6.07, 6.45) is 5.87. The van der Waals surface area contributed by atoms with E-state index in [2.05, 4.69) is 5.32 Å². The van der Waals surface area contributed by atoms with Gasteiger partial charge in [-0.25, -0.2) is 0 Å². The Morgan fingerprint density at radius 2 is 2.29 bits per heavy atom. The van der Waals surface area contributed by atoms with Gasteiger partial charge >= 0.3 is 0 Å². The minimum Gasteiger partial charge on any atom is -0.352 e. The van der Waals surface area contributed by atoms with Crippen molar-refractivity contribution in [3.63, 3.8) is 0 Å². The van der Waals surface area contributed by atoms with Gasteiger partial charge in [0.15, 0.2) is 0 Å². The van der Waals surface area contributed by atoms with Crippen LogP contribution in [0.3, 0.4) is 0 Å². The molecule has 78 valence electrons. The highest BCUT2D eigenvalue weighted by Gasteiger charge is 2.21. The van der Waals surface area contributed by atoms with Gasteiger partial charge in [-0.3, -0.25) is 4.79 Å². The molecule has 0 radical (unpaired) electrons. The molecule has 1 aliphatic rings. The van der Waals surface area contributed by atoms with E-state index in [1.165, 1.54) is 6.08 Å². The smallest absolute Gasteiger partial charge is 0.227 e. The Hall–Kier alpha value is -0.510. The molecule has 1 aliphatic carbocycles. The summed E-state index contributed by atoms with van der Waals surface area (Å²) in [5.41, 5.74) is 5.62. The van der Waals surface area contributed by atoms with Crippen LogP contribution in [0.5, 0.6) is 0 Å². The third kappa shape index (κ3) is 3.70. The fourth-order valence-corrected chi connectivity index (χ4v) is 1.44. The molecule has 0 fully saturated rings. The molecule has 2 unspecified atom stereocenters. The van der Waals surface area contributed by atoms with Gasteiger partial charge in [-0.2, -0.15) is 0 Å². The quantitative estimate of drug-likeness (QED) is 0.725. The summed E-state index contributed by atoms with van der Waals surface area (Å²) in [6.45, 7) is 0.348. The Bertz CT molecular complexity index is 272. The Balaban J connectivity index is 2.29. The normalized spacial score (nSPS) is 24.8. The SMILES string of the molecule is NC1C=CC(C(=O)NCC=C(Cl)Cl)C1. The average Bonchev–Trinajstić information content (AvgIpc) is 2.51. The first-order valence-electron chi connectivity index (χ1n) is 4.32. The van der Waals surface area contributed by atoms with Gasteiger partial charge in [0.05, 0.1) is 5.92 Å².